The van der Waals surface area contributed by atoms with Gasteiger partial charge in [0.15, 0.2) is 0 Å². The Balaban J connectivity index is 2.22. The van der Waals surface area contributed by atoms with Gasteiger partial charge < -0.3 is 5.32 Å². The Morgan fingerprint density at radius 3 is 2.82 bits per heavy atom. The van der Waals surface area contributed by atoms with Gasteiger partial charge in [0.2, 0.25) is 0 Å². The van der Waals surface area contributed by atoms with Gasteiger partial charge in [-0.2, -0.15) is 0 Å². The molecule has 0 radical (unpaired) electrons. The highest BCUT2D eigenvalue weighted by Gasteiger charge is 2.27. The van der Waals surface area contributed by atoms with Gasteiger partial charge in [0, 0.05) is 18.5 Å². The molecule has 0 amide bonds. The highest BCUT2D eigenvalue weighted by molar-refractivity contribution is 5.34. The summed E-state index contributed by atoms with van der Waals surface area (Å²) in [6, 6.07) is 9.37. The lowest BCUT2D eigenvalue weighted by molar-refractivity contribution is 0.402. The number of hydrogen-bond donors (Lipinski definition) is 1. The van der Waals surface area contributed by atoms with Crippen molar-refractivity contribution >= 4 is 0 Å². The minimum absolute atomic E-state index is 0.556. The lowest BCUT2D eigenvalue weighted by atomic mass is 9.77. The van der Waals surface area contributed by atoms with Crippen molar-refractivity contribution in [3.63, 3.8) is 0 Å². The van der Waals surface area contributed by atoms with E-state index in [4.69, 9.17) is 0 Å². The molecule has 0 unspecified atom stereocenters. The molecule has 2 rings (SSSR count). The molecule has 1 nitrogen and oxygen atoms in total. The zero-order valence-corrected chi connectivity index (χ0v) is 10.4. The summed E-state index contributed by atoms with van der Waals surface area (Å²) in [6.07, 6.45) is 7.41. The van der Waals surface area contributed by atoms with Gasteiger partial charge in [0.05, 0.1) is 0 Å². The Hall–Kier alpha value is -1.34. The van der Waals surface area contributed by atoms with E-state index in [0.29, 0.717) is 12.0 Å². The zero-order valence-electron chi connectivity index (χ0n) is 10.4. The molecule has 1 aromatic rings. The van der Waals surface area contributed by atoms with E-state index in [0.717, 1.165) is 13.0 Å². The van der Waals surface area contributed by atoms with Crippen molar-refractivity contribution in [3.8, 4) is 0 Å². The normalized spacial score (nSPS) is 22.8. The van der Waals surface area contributed by atoms with Crippen LogP contribution in [0.15, 0.2) is 49.6 Å². The molecule has 1 aliphatic rings. The molecule has 0 saturated heterocycles. The zero-order chi connectivity index (χ0) is 12.1. The number of rotatable bonds is 5. The van der Waals surface area contributed by atoms with E-state index < -0.39 is 0 Å². The number of fused-ring (bicyclic) bond motifs is 1. The van der Waals surface area contributed by atoms with Crippen LogP contribution in [0.25, 0.3) is 0 Å². The van der Waals surface area contributed by atoms with Crippen molar-refractivity contribution in [3.05, 3.63) is 60.7 Å². The van der Waals surface area contributed by atoms with E-state index in [1.165, 1.54) is 24.0 Å². The smallest absolute Gasteiger partial charge is 0.0145 e. The van der Waals surface area contributed by atoms with Gasteiger partial charge in [-0.05, 0) is 30.4 Å². The molecule has 0 aliphatic heterocycles. The second-order valence-corrected chi connectivity index (χ2v) is 4.67. The fourth-order valence-electron chi connectivity index (χ4n) is 2.80. The van der Waals surface area contributed by atoms with E-state index in [1.54, 1.807) is 0 Å². The van der Waals surface area contributed by atoms with Gasteiger partial charge in [-0.25, -0.2) is 0 Å². The fraction of sp³-hybridized carbons (Fsp3) is 0.375. The summed E-state index contributed by atoms with van der Waals surface area (Å²) in [7, 11) is 0. The van der Waals surface area contributed by atoms with Crippen molar-refractivity contribution < 1.29 is 0 Å². The quantitative estimate of drug-likeness (QED) is 0.760. The van der Waals surface area contributed by atoms with E-state index in [1.807, 2.05) is 12.2 Å². The van der Waals surface area contributed by atoms with E-state index in [9.17, 15) is 0 Å². The first-order valence-electron chi connectivity index (χ1n) is 6.39. The summed E-state index contributed by atoms with van der Waals surface area (Å²) in [5.41, 5.74) is 3.01. The molecule has 0 aromatic heterocycles. The molecule has 17 heavy (non-hydrogen) atoms. The van der Waals surface area contributed by atoms with Crippen LogP contribution in [0.1, 0.15) is 29.9 Å². The molecule has 0 saturated carbocycles. The first-order chi connectivity index (χ1) is 8.36. The van der Waals surface area contributed by atoms with Crippen LogP contribution in [-0.2, 0) is 6.42 Å². The average molecular weight is 227 g/mol. The molecule has 2 atom stereocenters. The van der Waals surface area contributed by atoms with Crippen molar-refractivity contribution in [1.82, 2.24) is 5.32 Å². The Bertz CT molecular complexity index is 394. The third-order valence-electron chi connectivity index (χ3n) is 3.61. The molecule has 1 aliphatic carbocycles. The van der Waals surface area contributed by atoms with Crippen LogP contribution in [0.5, 0.6) is 0 Å². The second-order valence-electron chi connectivity index (χ2n) is 4.67. The Kier molecular flexibility index (Phi) is 4.16. The van der Waals surface area contributed by atoms with Gasteiger partial charge in [-0.15, -0.1) is 13.2 Å². The van der Waals surface area contributed by atoms with Crippen LogP contribution in [-0.4, -0.2) is 12.6 Å². The van der Waals surface area contributed by atoms with Gasteiger partial charge in [0.25, 0.3) is 0 Å². The Morgan fingerprint density at radius 1 is 1.24 bits per heavy atom. The van der Waals surface area contributed by atoms with Crippen molar-refractivity contribution in [2.75, 3.05) is 6.54 Å². The predicted octanol–water partition coefficient (Wildman–Crippen LogP) is 3.44. The third kappa shape index (κ3) is 2.67. The van der Waals surface area contributed by atoms with E-state index >= 15 is 0 Å². The maximum Gasteiger partial charge on any atom is 0.0145 e. The van der Waals surface area contributed by atoms with Gasteiger partial charge in [0.1, 0.15) is 0 Å². The largest absolute Gasteiger partial charge is 0.310 e. The molecule has 1 N–H and O–H groups in total. The molecular weight excluding hydrogens is 206 g/mol. The van der Waals surface area contributed by atoms with Gasteiger partial charge in [-0.1, -0.05) is 36.4 Å². The summed E-state index contributed by atoms with van der Waals surface area (Å²) in [5, 5.41) is 3.58. The van der Waals surface area contributed by atoms with Crippen LogP contribution in [0.2, 0.25) is 0 Å². The van der Waals surface area contributed by atoms with Crippen LogP contribution in [0.4, 0.5) is 0 Å². The van der Waals surface area contributed by atoms with Gasteiger partial charge in [-0.3, -0.25) is 0 Å². The standard InChI is InChI=1S/C16H21N/c1-3-7-15-14-9-6-5-8-13(14)10-11-16(15)17-12-4-2/h3-6,8-9,15-17H,1-2,7,10-12H2/t15-,16-/m0/s1. The molecule has 0 bridgehead atoms. The summed E-state index contributed by atoms with van der Waals surface area (Å²) < 4.78 is 0. The highest BCUT2D eigenvalue weighted by atomic mass is 14.9. The van der Waals surface area contributed by atoms with Gasteiger partial charge >= 0.3 is 0 Å². The summed E-state index contributed by atoms with van der Waals surface area (Å²) >= 11 is 0. The van der Waals surface area contributed by atoms with Crippen LogP contribution in [0.3, 0.4) is 0 Å². The van der Waals surface area contributed by atoms with Crippen LogP contribution < -0.4 is 5.32 Å². The van der Waals surface area contributed by atoms with E-state index in [2.05, 4.69) is 42.7 Å². The summed E-state index contributed by atoms with van der Waals surface area (Å²) in [6.45, 7) is 8.56. The van der Waals surface area contributed by atoms with E-state index in [-0.39, 0.29) is 0 Å². The topological polar surface area (TPSA) is 12.0 Å². The molecule has 90 valence electrons. The minimum Gasteiger partial charge on any atom is -0.310 e. The average Bonchev–Trinajstić information content (AvgIpc) is 2.38. The maximum atomic E-state index is 3.89. The number of benzene rings is 1. The number of aryl methyl sites for hydroxylation is 1. The van der Waals surface area contributed by atoms with Crippen LogP contribution in [0, 0.1) is 0 Å². The molecule has 0 heterocycles. The summed E-state index contributed by atoms with van der Waals surface area (Å²) in [4.78, 5) is 0. The number of allylic oxidation sites excluding steroid dienone is 1. The maximum absolute atomic E-state index is 3.89. The van der Waals surface area contributed by atoms with Crippen LogP contribution >= 0.6 is 0 Å². The van der Waals surface area contributed by atoms with Crippen molar-refractivity contribution in [2.24, 2.45) is 0 Å². The SMILES string of the molecule is C=CCN[C@H]1CCc2ccccc2[C@@H]1CC=C. The Labute approximate surface area is 104 Å². The molecule has 0 spiro atoms. The van der Waals surface area contributed by atoms with Crippen molar-refractivity contribution in [2.45, 2.75) is 31.2 Å². The second kappa shape index (κ2) is 5.83. The molecule has 0 fully saturated rings. The first kappa shape index (κ1) is 12.1. The third-order valence-corrected chi connectivity index (χ3v) is 3.61. The minimum atomic E-state index is 0.556. The molecule has 1 aromatic carbocycles. The lowest BCUT2D eigenvalue weighted by Crippen LogP contribution is -2.38. The summed E-state index contributed by atoms with van der Waals surface area (Å²) in [5.74, 6) is 0.567. The number of hydrogen-bond acceptors (Lipinski definition) is 1. The first-order valence-corrected chi connectivity index (χ1v) is 6.39. The van der Waals surface area contributed by atoms with Crippen molar-refractivity contribution in [1.29, 1.82) is 0 Å². The molecular formula is C16H21N. The molecule has 1 heteroatoms. The number of nitrogens with one attached hydrogen (secondary N) is 1. The predicted molar refractivity (Wildman–Crippen MR) is 74.3 cm³/mol. The lowest BCUT2D eigenvalue weighted by Gasteiger charge is -2.33. The highest BCUT2D eigenvalue weighted by Crippen LogP contribution is 2.34. The fourth-order valence-corrected chi connectivity index (χ4v) is 2.80. The monoisotopic (exact) mass is 227 g/mol. The Morgan fingerprint density at radius 2 is 2.06 bits per heavy atom.